The molecular formula is C36H46Br4N4Pd2. The first-order chi connectivity index (χ1) is 21.8. The van der Waals surface area contributed by atoms with Crippen molar-refractivity contribution in [1.29, 1.82) is 0 Å². The van der Waals surface area contributed by atoms with Crippen molar-refractivity contribution in [1.82, 2.24) is 0 Å². The predicted octanol–water partition coefficient (Wildman–Crippen LogP) is 14.4. The zero-order chi connectivity index (χ0) is 34.8. The van der Waals surface area contributed by atoms with E-state index in [1.807, 2.05) is 12.4 Å². The fourth-order valence-electron chi connectivity index (χ4n) is 4.83. The molecule has 258 valence electrons. The molecule has 0 fully saturated rings. The Morgan fingerprint density at radius 1 is 0.478 bits per heavy atom. The molecule has 0 aliphatic heterocycles. The molecule has 0 spiro atoms. The second-order valence-electron chi connectivity index (χ2n) is 11.8. The maximum absolute atomic E-state index is 4.83. The van der Waals surface area contributed by atoms with Crippen molar-refractivity contribution in [3.63, 3.8) is 0 Å². The van der Waals surface area contributed by atoms with Gasteiger partial charge in [-0.25, -0.2) is 0 Å². The normalized spacial score (nSPS) is 12.0. The maximum atomic E-state index is 4.83. The number of hydrogen-bond acceptors (Lipinski definition) is 4. The van der Waals surface area contributed by atoms with Crippen LogP contribution in [0.25, 0.3) is 0 Å². The Labute approximate surface area is 320 Å². The minimum absolute atomic E-state index is 0.410. The Hall–Kier alpha value is -0.415. The van der Waals surface area contributed by atoms with Gasteiger partial charge in [0.05, 0.1) is 22.7 Å². The molecule has 0 aromatic heterocycles. The van der Waals surface area contributed by atoms with Crippen molar-refractivity contribution >= 4 is 101 Å². The van der Waals surface area contributed by atoms with Gasteiger partial charge in [-0.2, -0.15) is 0 Å². The third-order valence-corrected chi connectivity index (χ3v) is 7.17. The Balaban J connectivity index is 0.00000163. The second-order valence-corrected chi connectivity index (χ2v) is 26.2. The standard InChI is InChI=1S/C36H46N4.4BrH.2Pd/c1-23(2)29-13-11-14-30(24(3)4)35(29)39-19-17-37-33-21-28(10)34(22-27(33)9)38-18-20-40-36-31(25(5)6)15-12-16-32(36)26(7)8;;;;;;/h11-26H,1-10H3;4*1H;;/q;;;;;2*+2/p-4. The zero-order valence-corrected chi connectivity index (χ0v) is 37.6. The van der Waals surface area contributed by atoms with Gasteiger partial charge in [0.15, 0.2) is 0 Å². The molecule has 0 bridgehead atoms. The predicted molar refractivity (Wildman–Crippen MR) is 213 cm³/mol. The Kier molecular flexibility index (Phi) is 22.6. The zero-order valence-electron chi connectivity index (χ0n) is 28.2. The quantitative estimate of drug-likeness (QED) is 0.144. The van der Waals surface area contributed by atoms with Crippen molar-refractivity contribution in [3.05, 3.63) is 81.9 Å². The molecule has 10 heteroatoms. The number of nitrogens with zero attached hydrogens (tertiary/aromatic N) is 4. The first-order valence-electron chi connectivity index (χ1n) is 15.0. The Morgan fingerprint density at radius 3 is 0.957 bits per heavy atom. The number of benzene rings is 3. The van der Waals surface area contributed by atoms with Crippen LogP contribution in [-0.2, 0) is 27.9 Å². The van der Waals surface area contributed by atoms with Crippen LogP contribution >= 0.6 is 53.7 Å². The third kappa shape index (κ3) is 14.6. The average molecular weight is 1070 g/mol. The molecule has 0 radical (unpaired) electrons. The fourth-order valence-corrected chi connectivity index (χ4v) is 4.83. The summed E-state index contributed by atoms with van der Waals surface area (Å²) in [5.74, 6) is 1.64. The molecule has 0 aliphatic carbocycles. The van der Waals surface area contributed by atoms with E-state index < -0.39 is 0 Å². The molecule has 3 aromatic carbocycles. The van der Waals surface area contributed by atoms with E-state index in [-0.39, 0.29) is 0 Å². The van der Waals surface area contributed by atoms with E-state index >= 15 is 0 Å². The van der Waals surface area contributed by atoms with Gasteiger partial charge in [-0.3, -0.25) is 20.0 Å². The van der Waals surface area contributed by atoms with E-state index in [0.29, 0.717) is 51.6 Å². The van der Waals surface area contributed by atoms with Gasteiger partial charge in [0.2, 0.25) is 0 Å². The number of aryl methyl sites for hydroxylation is 2. The van der Waals surface area contributed by atoms with Crippen LogP contribution in [0.4, 0.5) is 22.7 Å². The van der Waals surface area contributed by atoms with Crippen molar-refractivity contribution < 1.29 is 27.9 Å². The van der Waals surface area contributed by atoms with Crippen molar-refractivity contribution in [2.45, 2.75) is 92.9 Å². The van der Waals surface area contributed by atoms with Gasteiger partial charge in [-0.1, -0.05) is 91.8 Å². The molecule has 0 heterocycles. The number of para-hydroxylation sites is 2. The molecular weight excluding hydrogens is 1020 g/mol. The molecule has 46 heavy (non-hydrogen) atoms. The van der Waals surface area contributed by atoms with Crippen LogP contribution in [0.5, 0.6) is 0 Å². The average Bonchev–Trinajstić information content (AvgIpc) is 2.99. The first-order valence-corrected chi connectivity index (χ1v) is 29.2. The summed E-state index contributed by atoms with van der Waals surface area (Å²) >= 11 is 13.6. The van der Waals surface area contributed by atoms with Crippen LogP contribution in [0.1, 0.15) is 112 Å². The van der Waals surface area contributed by atoms with Gasteiger partial charge in [-0.05, 0) is 83.0 Å². The van der Waals surface area contributed by atoms with E-state index in [9.17, 15) is 0 Å². The molecule has 0 N–H and O–H groups in total. The van der Waals surface area contributed by atoms with Gasteiger partial charge >= 0.3 is 81.6 Å². The monoisotopic (exact) mass is 1060 g/mol. The van der Waals surface area contributed by atoms with E-state index in [1.54, 1.807) is 12.4 Å². The van der Waals surface area contributed by atoms with Gasteiger partial charge in [0.1, 0.15) is 0 Å². The first kappa shape index (κ1) is 43.6. The number of aliphatic imine (C=N–C) groups is 4. The summed E-state index contributed by atoms with van der Waals surface area (Å²) in [4.78, 5) is 19.1. The van der Waals surface area contributed by atoms with E-state index in [0.717, 1.165) is 33.9 Å². The summed E-state index contributed by atoms with van der Waals surface area (Å²) in [7, 11) is 0. The number of halogens is 4. The van der Waals surface area contributed by atoms with Crippen LogP contribution in [0.3, 0.4) is 0 Å². The molecule has 3 rings (SSSR count). The summed E-state index contributed by atoms with van der Waals surface area (Å²) in [5, 5.41) is 0. The molecule has 0 saturated carbocycles. The number of hydrogen-bond donors (Lipinski definition) is 0. The molecule has 3 aromatic rings. The Morgan fingerprint density at radius 2 is 0.717 bits per heavy atom. The molecule has 0 atom stereocenters. The molecule has 0 saturated heterocycles. The summed E-state index contributed by atoms with van der Waals surface area (Å²) in [6.45, 7) is 21.8. The second kappa shape index (κ2) is 23.9. The van der Waals surface area contributed by atoms with E-state index in [4.69, 9.17) is 20.0 Å². The van der Waals surface area contributed by atoms with E-state index in [2.05, 4.69) is 171 Å². The summed E-state index contributed by atoms with van der Waals surface area (Å²) in [5.41, 5.74) is 11.2. The van der Waals surface area contributed by atoms with Gasteiger partial charge in [0, 0.05) is 24.9 Å². The van der Waals surface area contributed by atoms with Gasteiger partial charge in [0.25, 0.3) is 0 Å². The van der Waals surface area contributed by atoms with Crippen LogP contribution in [0.15, 0.2) is 68.5 Å². The summed E-state index contributed by atoms with van der Waals surface area (Å²) in [6.07, 6.45) is 7.20. The molecule has 0 unspecified atom stereocenters. The van der Waals surface area contributed by atoms with E-state index in [1.165, 1.54) is 22.3 Å². The number of rotatable bonds is 10. The van der Waals surface area contributed by atoms with Crippen molar-refractivity contribution in [3.8, 4) is 0 Å². The van der Waals surface area contributed by atoms with Crippen molar-refractivity contribution in [2.75, 3.05) is 0 Å². The molecule has 4 nitrogen and oxygen atoms in total. The van der Waals surface area contributed by atoms with Crippen LogP contribution in [0, 0.1) is 13.8 Å². The van der Waals surface area contributed by atoms with Crippen LogP contribution in [-0.4, -0.2) is 24.9 Å². The van der Waals surface area contributed by atoms with Gasteiger partial charge in [-0.15, -0.1) is 0 Å². The molecule has 0 amide bonds. The SMILES string of the molecule is Cc1cc(N=CC=Nc2c(C(C)C)cccc2C(C)C)c(C)cc1N=CC=Nc1c(C(C)C)cccc1C(C)C.[Br][Pd][Br].[Br][Pd][Br]. The third-order valence-electron chi connectivity index (χ3n) is 7.17. The minimum atomic E-state index is 0.410. The van der Waals surface area contributed by atoms with Crippen LogP contribution in [0.2, 0.25) is 0 Å². The molecule has 0 aliphatic rings. The van der Waals surface area contributed by atoms with Gasteiger partial charge < -0.3 is 0 Å². The topological polar surface area (TPSA) is 49.4 Å². The van der Waals surface area contributed by atoms with Crippen molar-refractivity contribution in [2.24, 2.45) is 20.0 Å². The summed E-state index contributed by atoms with van der Waals surface area (Å²) in [6, 6.07) is 17.1. The fraction of sp³-hybridized carbons (Fsp3) is 0.389. The summed E-state index contributed by atoms with van der Waals surface area (Å²) < 4.78 is 0. The Bertz CT molecular complexity index is 1320. The van der Waals surface area contributed by atoms with Crippen LogP contribution < -0.4 is 0 Å².